The number of halogens is 1. The highest BCUT2D eigenvalue weighted by molar-refractivity contribution is 7.22. The lowest BCUT2D eigenvalue weighted by molar-refractivity contribution is 0.0787. The number of thiazole rings is 2. The van der Waals surface area contributed by atoms with Crippen LogP contribution in [-0.2, 0) is 0 Å². The molecule has 30 heavy (non-hydrogen) atoms. The Bertz CT molecular complexity index is 1220. The van der Waals surface area contributed by atoms with Crippen LogP contribution < -0.4 is 5.32 Å². The number of aryl methyl sites for hydroxylation is 1. The molecule has 1 saturated heterocycles. The number of carbonyl (C=O) groups is 1. The van der Waals surface area contributed by atoms with Crippen LogP contribution in [0.1, 0.15) is 21.9 Å². The fourth-order valence-corrected chi connectivity index (χ4v) is 5.59. The first kappa shape index (κ1) is 19.1. The van der Waals surface area contributed by atoms with E-state index in [1.165, 1.54) is 23.5 Å². The normalized spacial score (nSPS) is 16.3. The van der Waals surface area contributed by atoms with Crippen LogP contribution in [-0.4, -0.2) is 39.9 Å². The van der Waals surface area contributed by atoms with Crippen molar-refractivity contribution in [3.63, 3.8) is 0 Å². The number of anilines is 1. The topological polar surface area (TPSA) is 58.1 Å². The molecule has 1 aliphatic heterocycles. The molecule has 0 spiro atoms. The summed E-state index contributed by atoms with van der Waals surface area (Å²) >= 11 is 2.98. The van der Waals surface area contributed by atoms with Crippen LogP contribution in [0.25, 0.3) is 20.7 Å². The summed E-state index contributed by atoms with van der Waals surface area (Å²) in [7, 11) is 0. The van der Waals surface area contributed by atoms with Gasteiger partial charge < -0.3 is 10.2 Å². The smallest absolute Gasteiger partial charge is 0.274 e. The Labute approximate surface area is 181 Å². The highest BCUT2D eigenvalue weighted by Crippen LogP contribution is 2.32. The van der Waals surface area contributed by atoms with Crippen LogP contribution in [0.5, 0.6) is 0 Å². The molecule has 1 aliphatic rings. The van der Waals surface area contributed by atoms with E-state index in [4.69, 9.17) is 0 Å². The zero-order valence-electron chi connectivity index (χ0n) is 16.3. The fraction of sp³-hybridized carbons (Fsp3) is 0.227. The van der Waals surface area contributed by atoms with Gasteiger partial charge in [0.05, 0.1) is 20.1 Å². The summed E-state index contributed by atoms with van der Waals surface area (Å²) in [4.78, 5) is 25.1. The van der Waals surface area contributed by atoms with Crippen molar-refractivity contribution in [2.75, 3.05) is 18.4 Å². The molecule has 1 N–H and O–H groups in total. The average Bonchev–Trinajstić information content (AvgIpc) is 3.46. The highest BCUT2D eigenvalue weighted by atomic mass is 32.1. The van der Waals surface area contributed by atoms with E-state index in [1.54, 1.807) is 17.4 Å². The largest absolute Gasteiger partial charge is 0.357 e. The molecule has 4 aromatic rings. The Morgan fingerprint density at radius 1 is 1.17 bits per heavy atom. The molecular weight excluding hydrogens is 419 g/mol. The first-order valence-corrected chi connectivity index (χ1v) is 11.3. The summed E-state index contributed by atoms with van der Waals surface area (Å²) in [5, 5.41) is 5.05. The van der Waals surface area contributed by atoms with Gasteiger partial charge in [0.1, 0.15) is 11.5 Å². The van der Waals surface area contributed by atoms with Gasteiger partial charge in [0, 0.05) is 19.1 Å². The number of amides is 1. The van der Waals surface area contributed by atoms with Crippen LogP contribution >= 0.6 is 22.7 Å². The maximum Gasteiger partial charge on any atom is 0.274 e. The maximum atomic E-state index is 13.4. The van der Waals surface area contributed by atoms with E-state index < -0.39 is 0 Å². The van der Waals surface area contributed by atoms with E-state index in [9.17, 15) is 9.18 Å². The van der Waals surface area contributed by atoms with Crippen molar-refractivity contribution in [3.8, 4) is 10.4 Å². The standard InChI is InChI=1S/C22H19FN4OS2/c1-13-24-19(20(29-13)14-5-3-2-4-6-14)21(28)27-10-9-16(12-27)25-22-26-17-8-7-15(23)11-18(17)30-22/h2-8,11,16H,9-10,12H2,1H3,(H,25,26)/t16-/m1/s1. The maximum absolute atomic E-state index is 13.4. The van der Waals surface area contributed by atoms with E-state index >= 15 is 0 Å². The van der Waals surface area contributed by atoms with E-state index in [0.29, 0.717) is 18.8 Å². The van der Waals surface area contributed by atoms with E-state index in [-0.39, 0.29) is 17.8 Å². The van der Waals surface area contributed by atoms with Gasteiger partial charge in [-0.2, -0.15) is 0 Å². The first-order chi connectivity index (χ1) is 14.6. The molecule has 1 atom stereocenters. The second kappa shape index (κ2) is 7.77. The Balaban J connectivity index is 1.32. The molecule has 152 valence electrons. The van der Waals surface area contributed by atoms with Crippen LogP contribution in [0.2, 0.25) is 0 Å². The number of hydrogen-bond acceptors (Lipinski definition) is 6. The molecule has 0 saturated carbocycles. The molecule has 0 aliphatic carbocycles. The van der Waals surface area contributed by atoms with Gasteiger partial charge in [0.2, 0.25) is 0 Å². The van der Waals surface area contributed by atoms with Crippen molar-refractivity contribution in [3.05, 3.63) is 65.0 Å². The second-order valence-electron chi connectivity index (χ2n) is 7.29. The highest BCUT2D eigenvalue weighted by Gasteiger charge is 2.30. The first-order valence-electron chi connectivity index (χ1n) is 9.71. The lowest BCUT2D eigenvalue weighted by Crippen LogP contribution is -2.32. The van der Waals surface area contributed by atoms with Crippen molar-refractivity contribution in [2.45, 2.75) is 19.4 Å². The Hall–Kier alpha value is -2.84. The zero-order chi connectivity index (χ0) is 20.7. The van der Waals surface area contributed by atoms with E-state index in [2.05, 4.69) is 15.3 Å². The predicted octanol–water partition coefficient (Wildman–Crippen LogP) is 5.19. The summed E-state index contributed by atoms with van der Waals surface area (Å²) in [5.74, 6) is -0.294. The number of nitrogens with one attached hydrogen (secondary N) is 1. The summed E-state index contributed by atoms with van der Waals surface area (Å²) in [6.07, 6.45) is 0.833. The van der Waals surface area contributed by atoms with Gasteiger partial charge >= 0.3 is 0 Å². The lowest BCUT2D eigenvalue weighted by Gasteiger charge is -2.16. The van der Waals surface area contributed by atoms with Crippen molar-refractivity contribution < 1.29 is 9.18 Å². The Kier molecular flexibility index (Phi) is 4.96. The van der Waals surface area contributed by atoms with Gasteiger partial charge in [0.15, 0.2) is 5.13 Å². The lowest BCUT2D eigenvalue weighted by atomic mass is 10.1. The molecule has 2 aromatic carbocycles. The van der Waals surface area contributed by atoms with Gasteiger partial charge in [0.25, 0.3) is 5.91 Å². The number of carbonyl (C=O) groups excluding carboxylic acids is 1. The molecule has 0 bridgehead atoms. The molecule has 5 nitrogen and oxygen atoms in total. The molecule has 0 unspecified atom stereocenters. The van der Waals surface area contributed by atoms with Crippen molar-refractivity contribution in [2.24, 2.45) is 0 Å². The van der Waals surface area contributed by atoms with Crippen LogP contribution in [0.4, 0.5) is 9.52 Å². The quantitative estimate of drug-likeness (QED) is 0.476. The Morgan fingerprint density at radius 3 is 2.83 bits per heavy atom. The van der Waals surface area contributed by atoms with Crippen LogP contribution in [0, 0.1) is 12.7 Å². The van der Waals surface area contributed by atoms with Crippen LogP contribution in [0.3, 0.4) is 0 Å². The van der Waals surface area contributed by atoms with Gasteiger partial charge in [-0.15, -0.1) is 11.3 Å². The molecule has 1 fully saturated rings. The molecule has 2 aromatic heterocycles. The second-order valence-corrected chi connectivity index (χ2v) is 9.52. The fourth-order valence-electron chi connectivity index (χ4n) is 3.70. The Morgan fingerprint density at radius 2 is 2.00 bits per heavy atom. The average molecular weight is 439 g/mol. The summed E-state index contributed by atoms with van der Waals surface area (Å²) in [5.41, 5.74) is 2.32. The third kappa shape index (κ3) is 3.68. The van der Waals surface area contributed by atoms with Gasteiger partial charge in [-0.05, 0) is 37.1 Å². The molecule has 1 amide bonds. The third-order valence-electron chi connectivity index (χ3n) is 5.13. The molecule has 0 radical (unpaired) electrons. The van der Waals surface area contributed by atoms with Gasteiger partial charge in [-0.25, -0.2) is 14.4 Å². The number of benzene rings is 2. The molecule has 8 heteroatoms. The van der Waals surface area contributed by atoms with E-state index in [0.717, 1.165) is 37.2 Å². The predicted molar refractivity (Wildman–Crippen MR) is 120 cm³/mol. The monoisotopic (exact) mass is 438 g/mol. The number of likely N-dealkylation sites (tertiary alicyclic amines) is 1. The van der Waals surface area contributed by atoms with Crippen molar-refractivity contribution in [1.82, 2.24) is 14.9 Å². The third-order valence-corrected chi connectivity index (χ3v) is 7.10. The SMILES string of the molecule is Cc1nc(C(=O)N2CC[C@@H](Nc3nc4ccc(F)cc4s3)C2)c(-c2ccccc2)s1. The van der Waals surface area contributed by atoms with Gasteiger partial charge in [-0.3, -0.25) is 4.79 Å². The minimum Gasteiger partial charge on any atom is -0.357 e. The minimum absolute atomic E-state index is 0.0334. The summed E-state index contributed by atoms with van der Waals surface area (Å²) in [6.45, 7) is 3.19. The van der Waals surface area contributed by atoms with Gasteiger partial charge in [-0.1, -0.05) is 41.7 Å². The van der Waals surface area contributed by atoms with Crippen molar-refractivity contribution >= 4 is 43.9 Å². The number of rotatable bonds is 4. The summed E-state index contributed by atoms with van der Waals surface area (Å²) in [6, 6.07) is 14.6. The van der Waals surface area contributed by atoms with Crippen LogP contribution in [0.15, 0.2) is 48.5 Å². The number of hydrogen-bond donors (Lipinski definition) is 1. The number of nitrogens with zero attached hydrogens (tertiary/aromatic N) is 3. The van der Waals surface area contributed by atoms with Crippen molar-refractivity contribution in [1.29, 1.82) is 0 Å². The molecule has 3 heterocycles. The molecule has 5 rings (SSSR count). The minimum atomic E-state index is -0.261. The number of aromatic nitrogens is 2. The van der Waals surface area contributed by atoms with E-state index in [1.807, 2.05) is 42.2 Å². The number of fused-ring (bicyclic) bond motifs is 1. The molecular formula is C22H19FN4OS2. The summed E-state index contributed by atoms with van der Waals surface area (Å²) < 4.78 is 14.2. The zero-order valence-corrected chi connectivity index (χ0v) is 17.9.